The Balaban J connectivity index is 1.69. The normalized spacial score (nSPS) is 14.6. The van der Waals surface area contributed by atoms with Crippen molar-refractivity contribution < 1.29 is 9.31 Å². The van der Waals surface area contributed by atoms with Gasteiger partial charge in [-0.05, 0) is 38.0 Å². The Labute approximate surface area is 158 Å². The average molecular weight is 384 g/mol. The van der Waals surface area contributed by atoms with Gasteiger partial charge in [-0.1, -0.05) is 0 Å². The van der Waals surface area contributed by atoms with Crippen LogP contribution in [0.4, 0.5) is 21.8 Å². The average Bonchev–Trinajstić information content (AvgIpc) is 3.38. The zero-order chi connectivity index (χ0) is 19.8. The fraction of sp³-hybridized carbons (Fsp3) is 0.294. The van der Waals surface area contributed by atoms with Crippen molar-refractivity contribution >= 4 is 17.5 Å². The number of halogens is 1. The van der Waals surface area contributed by atoms with E-state index in [9.17, 15) is 14.5 Å². The van der Waals surface area contributed by atoms with Crippen LogP contribution in [0.1, 0.15) is 43.1 Å². The molecule has 0 spiro atoms. The molecule has 144 valence electrons. The van der Waals surface area contributed by atoms with Crippen molar-refractivity contribution in [3.05, 3.63) is 51.7 Å². The molecule has 10 nitrogen and oxygen atoms in total. The molecule has 1 aliphatic rings. The lowest BCUT2D eigenvalue weighted by molar-refractivity contribution is -0.383. The van der Waals surface area contributed by atoms with E-state index in [-0.39, 0.29) is 23.5 Å². The molecule has 1 atom stereocenters. The van der Waals surface area contributed by atoms with Gasteiger partial charge in [0, 0.05) is 11.6 Å². The van der Waals surface area contributed by atoms with E-state index in [0.29, 0.717) is 17.3 Å². The van der Waals surface area contributed by atoms with Crippen LogP contribution >= 0.6 is 0 Å². The first kappa shape index (κ1) is 17.8. The number of aromatic nitrogens is 5. The Morgan fingerprint density at radius 1 is 1.39 bits per heavy atom. The summed E-state index contributed by atoms with van der Waals surface area (Å²) in [5.74, 6) is -0.221. The highest BCUT2D eigenvalue weighted by molar-refractivity contribution is 5.75. The highest BCUT2D eigenvalue weighted by Crippen LogP contribution is 2.41. The molecule has 3 heterocycles. The summed E-state index contributed by atoms with van der Waals surface area (Å²) < 4.78 is 13.1. The summed E-state index contributed by atoms with van der Waals surface area (Å²) in [5.41, 5.74) is 7.27. The number of nitro groups is 1. The number of anilines is 2. The summed E-state index contributed by atoms with van der Waals surface area (Å²) in [6.45, 7) is 1.78. The molecule has 4 N–H and O–H groups in total. The van der Waals surface area contributed by atoms with Crippen LogP contribution in [0.3, 0.4) is 0 Å². The van der Waals surface area contributed by atoms with E-state index in [1.807, 2.05) is 0 Å². The van der Waals surface area contributed by atoms with Gasteiger partial charge >= 0.3 is 5.69 Å². The smallest absolute Gasteiger partial charge is 0.339 e. The molecule has 0 aliphatic heterocycles. The monoisotopic (exact) mass is 384 g/mol. The molecule has 1 aliphatic carbocycles. The number of nitrogens with zero attached hydrogens (tertiary/aromatic N) is 5. The summed E-state index contributed by atoms with van der Waals surface area (Å²) in [6, 6.07) is 4.19. The number of pyridine rings is 1. The van der Waals surface area contributed by atoms with E-state index in [4.69, 9.17) is 5.73 Å². The summed E-state index contributed by atoms with van der Waals surface area (Å²) >= 11 is 0. The van der Waals surface area contributed by atoms with E-state index in [2.05, 4.69) is 30.5 Å². The SMILES string of the molecule is CC(Nc1nc(N)c([N+](=O)[O-])c(-c2cc(C3CC3)[nH]n2)n1)c1ccc(F)cn1. The second-order valence-corrected chi connectivity index (χ2v) is 6.64. The number of aromatic amines is 1. The van der Waals surface area contributed by atoms with Crippen LogP contribution in [-0.4, -0.2) is 30.1 Å². The van der Waals surface area contributed by atoms with Gasteiger partial charge in [-0.3, -0.25) is 20.2 Å². The van der Waals surface area contributed by atoms with Gasteiger partial charge in [-0.2, -0.15) is 10.1 Å². The van der Waals surface area contributed by atoms with Crippen LogP contribution in [-0.2, 0) is 0 Å². The number of hydrogen-bond donors (Lipinski definition) is 3. The lowest BCUT2D eigenvalue weighted by atomic mass is 10.2. The Morgan fingerprint density at radius 3 is 2.82 bits per heavy atom. The van der Waals surface area contributed by atoms with Crippen LogP contribution in [0.25, 0.3) is 11.4 Å². The lowest BCUT2D eigenvalue weighted by Gasteiger charge is -2.14. The molecule has 0 radical (unpaired) electrons. The molecule has 1 saturated carbocycles. The number of nitrogens with one attached hydrogen (secondary N) is 2. The van der Waals surface area contributed by atoms with E-state index in [1.165, 1.54) is 12.1 Å². The number of nitrogens with two attached hydrogens (primary N) is 1. The highest BCUT2D eigenvalue weighted by atomic mass is 19.1. The van der Waals surface area contributed by atoms with Crippen molar-refractivity contribution in [3.8, 4) is 11.4 Å². The molecule has 3 aromatic rings. The first-order valence-electron chi connectivity index (χ1n) is 8.68. The van der Waals surface area contributed by atoms with Crippen LogP contribution in [0.5, 0.6) is 0 Å². The number of H-pyrrole nitrogens is 1. The topological polar surface area (TPSA) is 149 Å². The maximum absolute atomic E-state index is 13.1. The predicted octanol–water partition coefficient (Wildman–Crippen LogP) is 2.94. The molecule has 0 saturated heterocycles. The molecule has 1 unspecified atom stereocenters. The Hall–Kier alpha value is -3.63. The van der Waals surface area contributed by atoms with Crippen molar-refractivity contribution in [2.75, 3.05) is 11.1 Å². The highest BCUT2D eigenvalue weighted by Gasteiger charge is 2.30. The Kier molecular flexibility index (Phi) is 4.34. The fourth-order valence-electron chi connectivity index (χ4n) is 2.87. The summed E-state index contributed by atoms with van der Waals surface area (Å²) in [5, 5.41) is 21.6. The van der Waals surface area contributed by atoms with Crippen molar-refractivity contribution in [3.63, 3.8) is 0 Å². The van der Waals surface area contributed by atoms with E-state index >= 15 is 0 Å². The van der Waals surface area contributed by atoms with Gasteiger partial charge in [0.15, 0.2) is 5.69 Å². The van der Waals surface area contributed by atoms with Gasteiger partial charge in [0.05, 0.1) is 22.9 Å². The summed E-state index contributed by atoms with van der Waals surface area (Å²) in [6.07, 6.45) is 3.22. The van der Waals surface area contributed by atoms with Crippen molar-refractivity contribution in [2.45, 2.75) is 31.7 Å². The van der Waals surface area contributed by atoms with Gasteiger partial charge in [-0.15, -0.1) is 0 Å². The first-order valence-corrected chi connectivity index (χ1v) is 8.68. The minimum absolute atomic E-state index is 0.0300. The molecule has 0 amide bonds. The van der Waals surface area contributed by atoms with Crippen LogP contribution in [0.15, 0.2) is 24.4 Å². The summed E-state index contributed by atoms with van der Waals surface area (Å²) in [4.78, 5) is 23.1. The molecule has 1 fully saturated rings. The number of nitrogen functional groups attached to an aromatic ring is 1. The number of rotatable bonds is 6. The quantitative estimate of drug-likeness (QED) is 0.434. The van der Waals surface area contributed by atoms with E-state index in [0.717, 1.165) is 24.7 Å². The molecular formula is C17H17FN8O2. The first-order chi connectivity index (χ1) is 13.4. The third-order valence-corrected chi connectivity index (χ3v) is 4.49. The van der Waals surface area contributed by atoms with Crippen LogP contribution in [0, 0.1) is 15.9 Å². The molecule has 11 heteroatoms. The van der Waals surface area contributed by atoms with Crippen LogP contribution in [0.2, 0.25) is 0 Å². The predicted molar refractivity (Wildman–Crippen MR) is 98.9 cm³/mol. The maximum atomic E-state index is 13.1. The molecule has 4 rings (SSSR count). The van der Waals surface area contributed by atoms with Crippen molar-refractivity contribution in [1.82, 2.24) is 25.1 Å². The van der Waals surface area contributed by atoms with Crippen molar-refractivity contribution in [1.29, 1.82) is 0 Å². The van der Waals surface area contributed by atoms with Gasteiger partial charge < -0.3 is 11.1 Å². The van der Waals surface area contributed by atoms with E-state index in [1.54, 1.807) is 13.0 Å². The van der Waals surface area contributed by atoms with E-state index < -0.39 is 16.4 Å². The second kappa shape index (κ2) is 6.83. The third-order valence-electron chi connectivity index (χ3n) is 4.49. The zero-order valence-electron chi connectivity index (χ0n) is 14.9. The van der Waals surface area contributed by atoms with Gasteiger partial charge in [-0.25, -0.2) is 9.37 Å². The molecule has 0 aromatic carbocycles. The van der Waals surface area contributed by atoms with Gasteiger partial charge in [0.25, 0.3) is 0 Å². The largest absolute Gasteiger partial charge is 0.378 e. The molecular weight excluding hydrogens is 367 g/mol. The maximum Gasteiger partial charge on any atom is 0.339 e. The minimum Gasteiger partial charge on any atom is -0.378 e. The standard InChI is InChI=1S/C17H17FN8O2/c1-8(11-5-4-10(18)7-20-11)21-17-22-14(15(26(27)28)16(19)23-17)13-6-12(24-25-13)9-2-3-9/h4-9H,2-3H2,1H3,(H,24,25)(H3,19,21,22,23). The molecule has 3 aromatic heterocycles. The second-order valence-electron chi connectivity index (χ2n) is 6.64. The number of hydrogen-bond acceptors (Lipinski definition) is 8. The Morgan fingerprint density at radius 2 is 2.18 bits per heavy atom. The van der Waals surface area contributed by atoms with Gasteiger partial charge in [0.2, 0.25) is 11.8 Å². The van der Waals surface area contributed by atoms with Crippen LogP contribution < -0.4 is 11.1 Å². The minimum atomic E-state index is -0.620. The lowest BCUT2D eigenvalue weighted by Crippen LogP contribution is -2.13. The van der Waals surface area contributed by atoms with Crippen molar-refractivity contribution in [2.24, 2.45) is 0 Å². The fourth-order valence-corrected chi connectivity index (χ4v) is 2.87. The zero-order valence-corrected chi connectivity index (χ0v) is 14.9. The summed E-state index contributed by atoms with van der Waals surface area (Å²) in [7, 11) is 0. The molecule has 28 heavy (non-hydrogen) atoms. The van der Waals surface area contributed by atoms with Gasteiger partial charge in [0.1, 0.15) is 11.5 Å². The Bertz CT molecular complexity index is 1030. The molecule has 0 bridgehead atoms. The third kappa shape index (κ3) is 3.46.